The van der Waals surface area contributed by atoms with Crippen LogP contribution in [0.1, 0.15) is 16.7 Å². The maximum Gasteiger partial charge on any atom is 0.283 e. The number of amides is 1. The summed E-state index contributed by atoms with van der Waals surface area (Å²) in [4.78, 5) is 18.6. The minimum atomic E-state index is -0.412. The second kappa shape index (κ2) is 10.0. The number of hydrogen-bond acceptors (Lipinski definition) is 5. The van der Waals surface area contributed by atoms with E-state index in [2.05, 4.69) is 4.99 Å². The number of fused-ring (bicyclic) bond motifs is 1. The Kier molecular flexibility index (Phi) is 6.50. The van der Waals surface area contributed by atoms with E-state index in [0.29, 0.717) is 24.1 Å². The van der Waals surface area contributed by atoms with E-state index in [0.717, 1.165) is 28.1 Å². The van der Waals surface area contributed by atoms with Gasteiger partial charge in [0.15, 0.2) is 5.17 Å². The van der Waals surface area contributed by atoms with Crippen molar-refractivity contribution in [2.24, 2.45) is 4.99 Å². The van der Waals surface area contributed by atoms with Gasteiger partial charge in [0.05, 0.1) is 11.3 Å². The molecule has 1 N–H and O–H groups in total. The number of ether oxygens (including phenoxy) is 2. The fraction of sp³-hybridized carbons (Fsp3) is 0.107. The van der Waals surface area contributed by atoms with Crippen LogP contribution in [-0.2, 0) is 4.79 Å². The zero-order valence-corrected chi connectivity index (χ0v) is 19.9. The lowest BCUT2D eigenvalue weighted by molar-refractivity contribution is -0.114. The van der Waals surface area contributed by atoms with Gasteiger partial charge in [-0.25, -0.2) is 0 Å². The Morgan fingerprint density at radius 2 is 1.66 bits per heavy atom. The minimum absolute atomic E-state index is 0.119. The van der Waals surface area contributed by atoms with E-state index in [9.17, 15) is 4.79 Å². The Labute approximate surface area is 208 Å². The highest BCUT2D eigenvalue weighted by Crippen LogP contribution is 2.37. The minimum Gasteiger partial charge on any atom is -0.490 e. The van der Waals surface area contributed by atoms with Crippen LogP contribution >= 0.6 is 11.8 Å². The van der Waals surface area contributed by atoms with Crippen molar-refractivity contribution < 1.29 is 14.3 Å². The lowest BCUT2D eigenvalue weighted by Gasteiger charge is -2.26. The summed E-state index contributed by atoms with van der Waals surface area (Å²) in [7, 11) is 0. The smallest absolute Gasteiger partial charge is 0.283 e. The van der Waals surface area contributed by atoms with Crippen molar-refractivity contribution in [2.75, 3.05) is 13.2 Å². The van der Waals surface area contributed by atoms with Crippen LogP contribution in [0.3, 0.4) is 0 Å². The number of hydrogen-bond donors (Lipinski definition) is 1. The van der Waals surface area contributed by atoms with E-state index in [1.54, 1.807) is 11.0 Å². The molecule has 2 aliphatic heterocycles. The molecule has 0 unspecified atom stereocenters. The average molecular weight is 482 g/mol. The second-order valence-electron chi connectivity index (χ2n) is 7.96. The van der Waals surface area contributed by atoms with Gasteiger partial charge in [0.2, 0.25) is 0 Å². The van der Waals surface area contributed by atoms with Crippen molar-refractivity contribution in [1.82, 2.24) is 4.90 Å². The van der Waals surface area contributed by atoms with E-state index in [-0.39, 0.29) is 11.4 Å². The van der Waals surface area contributed by atoms with Gasteiger partial charge in [0, 0.05) is 5.41 Å². The first-order valence-electron chi connectivity index (χ1n) is 11.2. The summed E-state index contributed by atoms with van der Waals surface area (Å²) in [6, 6.07) is 25.1. The number of nitrogens with zero attached hydrogens (tertiary/aromatic N) is 2. The van der Waals surface area contributed by atoms with Crippen LogP contribution in [0.15, 0.2) is 94.8 Å². The molecule has 0 atom stereocenters. The Balaban J connectivity index is 1.25. The van der Waals surface area contributed by atoms with Crippen molar-refractivity contribution in [1.29, 1.82) is 5.41 Å². The Morgan fingerprint density at radius 3 is 2.43 bits per heavy atom. The molecule has 3 aromatic rings. The zero-order valence-electron chi connectivity index (χ0n) is 19.1. The van der Waals surface area contributed by atoms with Crippen LogP contribution in [0.4, 0.5) is 0 Å². The fourth-order valence-electron chi connectivity index (χ4n) is 3.77. The van der Waals surface area contributed by atoms with E-state index < -0.39 is 5.91 Å². The largest absolute Gasteiger partial charge is 0.490 e. The summed E-state index contributed by atoms with van der Waals surface area (Å²) in [5.41, 5.74) is 3.93. The van der Waals surface area contributed by atoms with Gasteiger partial charge in [-0.05, 0) is 47.9 Å². The number of thioether (sulfide) groups is 1. The standard InChI is InChI=1S/C28H23N3O3S/c1-19-7-5-6-10-25(19)34-16-15-33-22-13-11-20(12-14-22)17-23-26(29)31-24(21-8-3-2-4-9-21)18-35-28(31)30-27(23)32/h2-14,17-18,29H,15-16H2,1H3/b23-17-,29-26?. The molecule has 0 saturated carbocycles. The first kappa shape index (κ1) is 22.7. The van der Waals surface area contributed by atoms with Gasteiger partial charge < -0.3 is 9.47 Å². The Bertz CT molecular complexity index is 1360. The molecular formula is C28H23N3O3S. The fourth-order valence-corrected chi connectivity index (χ4v) is 4.66. The summed E-state index contributed by atoms with van der Waals surface area (Å²) in [5.74, 6) is 1.26. The van der Waals surface area contributed by atoms with Crippen LogP contribution in [0.25, 0.3) is 11.8 Å². The van der Waals surface area contributed by atoms with Crippen molar-refractivity contribution >= 4 is 40.4 Å². The van der Waals surface area contributed by atoms with Crippen molar-refractivity contribution in [3.05, 3.63) is 107 Å². The number of benzene rings is 3. The van der Waals surface area contributed by atoms with Gasteiger partial charge >= 0.3 is 0 Å². The molecular weight excluding hydrogens is 458 g/mol. The molecule has 5 rings (SSSR count). The van der Waals surface area contributed by atoms with Crippen LogP contribution in [0.2, 0.25) is 0 Å². The molecule has 0 spiro atoms. The third kappa shape index (κ3) is 4.90. The highest BCUT2D eigenvalue weighted by Gasteiger charge is 2.36. The Morgan fingerprint density at radius 1 is 0.943 bits per heavy atom. The number of carbonyl (C=O) groups is 1. The molecule has 3 aromatic carbocycles. The zero-order chi connectivity index (χ0) is 24.2. The van der Waals surface area contributed by atoms with Crippen LogP contribution in [0, 0.1) is 12.3 Å². The molecule has 0 saturated heterocycles. The number of aliphatic imine (C=N–C) groups is 1. The summed E-state index contributed by atoms with van der Waals surface area (Å²) >= 11 is 1.35. The molecule has 2 aliphatic rings. The number of rotatable bonds is 7. The maximum absolute atomic E-state index is 12.7. The molecule has 35 heavy (non-hydrogen) atoms. The van der Waals surface area contributed by atoms with Gasteiger partial charge in [-0.1, -0.05) is 72.4 Å². The van der Waals surface area contributed by atoms with E-state index in [1.165, 1.54) is 11.8 Å². The van der Waals surface area contributed by atoms with Crippen molar-refractivity contribution in [2.45, 2.75) is 6.92 Å². The van der Waals surface area contributed by atoms with E-state index in [1.807, 2.05) is 91.2 Å². The number of nitrogens with one attached hydrogen (secondary N) is 1. The third-order valence-corrected chi connectivity index (χ3v) is 6.40. The molecule has 0 fully saturated rings. The lowest BCUT2D eigenvalue weighted by atomic mass is 10.1. The molecule has 1 amide bonds. The summed E-state index contributed by atoms with van der Waals surface area (Å²) in [5, 5.41) is 11.2. The predicted octanol–water partition coefficient (Wildman–Crippen LogP) is 5.76. The number of carbonyl (C=O) groups excluding carboxylic acids is 1. The van der Waals surface area contributed by atoms with Gasteiger partial charge in [0.1, 0.15) is 30.5 Å². The highest BCUT2D eigenvalue weighted by molar-refractivity contribution is 8.17. The first-order valence-corrected chi connectivity index (χ1v) is 12.1. The van der Waals surface area contributed by atoms with E-state index >= 15 is 0 Å². The average Bonchev–Trinajstić information content (AvgIpc) is 3.31. The van der Waals surface area contributed by atoms with Crippen molar-refractivity contribution in [3.8, 4) is 11.5 Å². The third-order valence-electron chi connectivity index (χ3n) is 5.58. The molecule has 2 heterocycles. The summed E-state index contributed by atoms with van der Waals surface area (Å²) in [6.45, 7) is 2.86. The highest BCUT2D eigenvalue weighted by atomic mass is 32.2. The normalized spacial score (nSPS) is 16.1. The molecule has 0 radical (unpaired) electrons. The molecule has 0 aromatic heterocycles. The lowest BCUT2D eigenvalue weighted by Crippen LogP contribution is -2.38. The van der Waals surface area contributed by atoms with Crippen LogP contribution in [-0.4, -0.2) is 35.0 Å². The number of amidine groups is 2. The molecule has 0 aliphatic carbocycles. The topological polar surface area (TPSA) is 75.0 Å². The van der Waals surface area contributed by atoms with Crippen LogP contribution in [0.5, 0.6) is 11.5 Å². The predicted molar refractivity (Wildman–Crippen MR) is 141 cm³/mol. The molecule has 7 heteroatoms. The first-order chi connectivity index (χ1) is 17.1. The van der Waals surface area contributed by atoms with E-state index in [4.69, 9.17) is 14.9 Å². The second-order valence-corrected chi connectivity index (χ2v) is 8.80. The summed E-state index contributed by atoms with van der Waals surface area (Å²) < 4.78 is 11.5. The number of aryl methyl sites for hydroxylation is 1. The van der Waals surface area contributed by atoms with Crippen LogP contribution < -0.4 is 9.47 Å². The summed E-state index contributed by atoms with van der Waals surface area (Å²) in [6.07, 6.45) is 1.70. The monoisotopic (exact) mass is 481 g/mol. The van der Waals surface area contributed by atoms with Gasteiger partial charge in [0.25, 0.3) is 5.91 Å². The quantitative estimate of drug-likeness (QED) is 0.343. The number of para-hydroxylation sites is 1. The maximum atomic E-state index is 12.7. The molecule has 0 bridgehead atoms. The van der Waals surface area contributed by atoms with Gasteiger partial charge in [-0.15, -0.1) is 0 Å². The molecule has 6 nitrogen and oxygen atoms in total. The Hall–Kier alpha value is -4.10. The SMILES string of the molecule is Cc1ccccc1OCCOc1ccc(/C=C2/C(=N)N3C(c4ccccc4)=CSC3=NC2=O)cc1. The van der Waals surface area contributed by atoms with Crippen molar-refractivity contribution in [3.63, 3.8) is 0 Å². The van der Waals surface area contributed by atoms with Gasteiger partial charge in [-0.2, -0.15) is 4.99 Å². The van der Waals surface area contributed by atoms with Gasteiger partial charge in [-0.3, -0.25) is 15.1 Å². The molecule has 174 valence electrons.